The summed E-state index contributed by atoms with van der Waals surface area (Å²) in [6.45, 7) is 0.847. The van der Waals surface area contributed by atoms with E-state index in [2.05, 4.69) is 4.98 Å². The Balaban J connectivity index is 1.48. The van der Waals surface area contributed by atoms with Gasteiger partial charge < -0.3 is 19.7 Å². The Morgan fingerprint density at radius 1 is 1.18 bits per heavy atom. The average molecular weight is 402 g/mol. The van der Waals surface area contributed by atoms with Gasteiger partial charge in [-0.1, -0.05) is 0 Å². The minimum absolute atomic E-state index is 0.143. The SMILES string of the molecule is CN1c2ncn(CC3CC3)c2C(=O)N(C[C@H]2CC[C@](O)(C(F)(F)F)CC2)C1O. The summed E-state index contributed by atoms with van der Waals surface area (Å²) in [4.78, 5) is 20.1. The fourth-order valence-electron chi connectivity index (χ4n) is 4.20. The number of rotatable bonds is 4. The van der Waals surface area contributed by atoms with E-state index in [4.69, 9.17) is 0 Å². The van der Waals surface area contributed by atoms with E-state index in [0.29, 0.717) is 24.0 Å². The van der Waals surface area contributed by atoms with Crippen molar-refractivity contribution in [2.24, 2.45) is 11.8 Å². The van der Waals surface area contributed by atoms with E-state index in [1.54, 1.807) is 13.4 Å². The van der Waals surface area contributed by atoms with E-state index < -0.39 is 18.1 Å². The molecule has 1 aliphatic heterocycles. The topological polar surface area (TPSA) is 81.8 Å². The number of anilines is 1. The molecule has 1 amide bonds. The molecule has 4 rings (SSSR count). The number of carbonyl (C=O) groups is 1. The summed E-state index contributed by atoms with van der Waals surface area (Å²) in [5, 5.41) is 20.4. The fourth-order valence-corrected chi connectivity index (χ4v) is 4.20. The number of aliphatic hydroxyl groups is 2. The van der Waals surface area contributed by atoms with Gasteiger partial charge in [-0.3, -0.25) is 9.69 Å². The monoisotopic (exact) mass is 402 g/mol. The molecule has 0 spiro atoms. The van der Waals surface area contributed by atoms with Crippen molar-refractivity contribution < 1.29 is 28.2 Å². The van der Waals surface area contributed by atoms with Crippen LogP contribution in [0.25, 0.3) is 0 Å². The summed E-state index contributed by atoms with van der Waals surface area (Å²) in [6.07, 6.45) is -2.51. The van der Waals surface area contributed by atoms with Gasteiger partial charge >= 0.3 is 6.18 Å². The van der Waals surface area contributed by atoms with Crippen molar-refractivity contribution in [3.8, 4) is 0 Å². The Hall–Kier alpha value is -1.81. The molecule has 10 heteroatoms. The smallest absolute Gasteiger partial charge is 0.380 e. The number of aromatic nitrogens is 2. The highest BCUT2D eigenvalue weighted by molar-refractivity contribution is 5.99. The van der Waals surface area contributed by atoms with E-state index in [1.165, 1.54) is 9.80 Å². The molecule has 3 aliphatic rings. The van der Waals surface area contributed by atoms with Crippen LogP contribution >= 0.6 is 0 Å². The number of nitrogens with zero attached hydrogens (tertiary/aromatic N) is 4. The quantitative estimate of drug-likeness (QED) is 0.805. The molecule has 1 unspecified atom stereocenters. The summed E-state index contributed by atoms with van der Waals surface area (Å²) < 4.78 is 40.8. The van der Waals surface area contributed by atoms with Gasteiger partial charge in [0.05, 0.1) is 6.33 Å². The minimum atomic E-state index is -4.65. The van der Waals surface area contributed by atoms with Gasteiger partial charge in [0, 0.05) is 20.1 Å². The summed E-state index contributed by atoms with van der Waals surface area (Å²) in [5.74, 6) is 0.394. The standard InChI is InChI=1S/C18H25F3N4O3/c1-23-14-13(24(10-22-14)8-11-2-3-11)15(26)25(16(23)27)9-12-4-6-17(28,7-5-12)18(19,20)21/h10-12,16,27-28H,2-9H2,1H3/t12-,16?,17+. The molecule has 2 saturated carbocycles. The number of alkyl halides is 3. The van der Waals surface area contributed by atoms with Crippen LogP contribution in [0.2, 0.25) is 0 Å². The van der Waals surface area contributed by atoms with Gasteiger partial charge in [-0.2, -0.15) is 13.2 Å². The lowest BCUT2D eigenvalue weighted by Crippen LogP contribution is -2.56. The van der Waals surface area contributed by atoms with Crippen LogP contribution < -0.4 is 4.90 Å². The largest absolute Gasteiger partial charge is 0.417 e. The van der Waals surface area contributed by atoms with E-state index in [-0.39, 0.29) is 44.1 Å². The Kier molecular flexibility index (Phi) is 4.61. The zero-order valence-corrected chi connectivity index (χ0v) is 15.7. The van der Waals surface area contributed by atoms with E-state index in [0.717, 1.165) is 12.8 Å². The summed E-state index contributed by atoms with van der Waals surface area (Å²) >= 11 is 0. The Bertz CT molecular complexity index is 754. The molecule has 1 aromatic heterocycles. The third-order valence-corrected chi connectivity index (χ3v) is 6.31. The highest BCUT2D eigenvalue weighted by atomic mass is 19.4. The van der Waals surface area contributed by atoms with Gasteiger partial charge in [0.15, 0.2) is 17.1 Å². The maximum absolute atomic E-state index is 13.1. The van der Waals surface area contributed by atoms with Crippen molar-refractivity contribution in [1.82, 2.24) is 14.5 Å². The number of imidazole rings is 1. The molecule has 7 nitrogen and oxygen atoms in total. The predicted octanol–water partition coefficient (Wildman–Crippen LogP) is 1.94. The number of carbonyl (C=O) groups excluding carboxylic acids is 1. The van der Waals surface area contributed by atoms with Crippen LogP contribution in [-0.4, -0.2) is 62.3 Å². The number of amides is 1. The van der Waals surface area contributed by atoms with E-state index in [9.17, 15) is 28.2 Å². The normalized spacial score (nSPS) is 31.3. The molecule has 0 saturated heterocycles. The zero-order chi connectivity index (χ0) is 20.3. The number of hydrogen-bond acceptors (Lipinski definition) is 5. The lowest BCUT2D eigenvalue weighted by Gasteiger charge is -2.42. The summed E-state index contributed by atoms with van der Waals surface area (Å²) in [6, 6.07) is 0. The lowest BCUT2D eigenvalue weighted by atomic mass is 9.78. The Labute approximate surface area is 160 Å². The van der Waals surface area contributed by atoms with Crippen LogP contribution in [-0.2, 0) is 6.54 Å². The van der Waals surface area contributed by atoms with Crippen LogP contribution in [0.5, 0.6) is 0 Å². The molecule has 0 radical (unpaired) electrons. The Morgan fingerprint density at radius 3 is 2.36 bits per heavy atom. The number of hydrogen-bond donors (Lipinski definition) is 2. The minimum Gasteiger partial charge on any atom is -0.380 e. The predicted molar refractivity (Wildman–Crippen MR) is 93.4 cm³/mol. The van der Waals surface area contributed by atoms with Crippen LogP contribution in [0.4, 0.5) is 19.0 Å². The van der Waals surface area contributed by atoms with E-state index in [1.807, 2.05) is 4.57 Å². The third-order valence-electron chi connectivity index (χ3n) is 6.31. The van der Waals surface area contributed by atoms with Gasteiger partial charge in [-0.25, -0.2) is 4.98 Å². The Morgan fingerprint density at radius 2 is 1.79 bits per heavy atom. The van der Waals surface area contributed by atoms with Gasteiger partial charge in [-0.05, 0) is 50.4 Å². The lowest BCUT2D eigenvalue weighted by molar-refractivity contribution is -0.272. The molecule has 1 atom stereocenters. The van der Waals surface area contributed by atoms with Crippen molar-refractivity contribution >= 4 is 11.7 Å². The fraction of sp³-hybridized carbons (Fsp3) is 0.778. The van der Waals surface area contributed by atoms with Crippen molar-refractivity contribution in [2.75, 3.05) is 18.5 Å². The molecular weight excluding hydrogens is 377 g/mol. The molecule has 2 fully saturated rings. The number of fused-ring (bicyclic) bond motifs is 1. The number of halogens is 3. The summed E-state index contributed by atoms with van der Waals surface area (Å²) in [5.41, 5.74) is -2.23. The first-order valence-electron chi connectivity index (χ1n) is 9.67. The van der Waals surface area contributed by atoms with Gasteiger partial charge in [0.2, 0.25) is 6.35 Å². The maximum atomic E-state index is 13.1. The van der Waals surface area contributed by atoms with Crippen LogP contribution in [0.3, 0.4) is 0 Å². The highest BCUT2D eigenvalue weighted by Crippen LogP contribution is 2.43. The van der Waals surface area contributed by atoms with Crippen LogP contribution in [0, 0.1) is 11.8 Å². The molecule has 2 heterocycles. The molecule has 1 aromatic rings. The molecule has 156 valence electrons. The molecule has 2 N–H and O–H groups in total. The first kappa shape index (κ1) is 19.5. The zero-order valence-electron chi connectivity index (χ0n) is 15.7. The number of aliphatic hydroxyl groups excluding tert-OH is 1. The molecule has 28 heavy (non-hydrogen) atoms. The molecular formula is C18H25F3N4O3. The van der Waals surface area contributed by atoms with Gasteiger partial charge in [-0.15, -0.1) is 0 Å². The first-order valence-corrected chi connectivity index (χ1v) is 9.67. The molecule has 0 bridgehead atoms. The van der Waals surface area contributed by atoms with Crippen LogP contribution in [0.15, 0.2) is 6.33 Å². The molecule has 0 aromatic carbocycles. The average Bonchev–Trinajstić information content (AvgIpc) is 3.34. The van der Waals surface area contributed by atoms with E-state index >= 15 is 0 Å². The first-order chi connectivity index (χ1) is 13.1. The van der Waals surface area contributed by atoms with Gasteiger partial charge in [0.1, 0.15) is 0 Å². The van der Waals surface area contributed by atoms with Crippen molar-refractivity contribution in [3.05, 3.63) is 12.0 Å². The van der Waals surface area contributed by atoms with Crippen molar-refractivity contribution in [3.63, 3.8) is 0 Å². The summed E-state index contributed by atoms with van der Waals surface area (Å²) in [7, 11) is 1.64. The van der Waals surface area contributed by atoms with Crippen LogP contribution in [0.1, 0.15) is 49.0 Å². The van der Waals surface area contributed by atoms with Gasteiger partial charge in [0.25, 0.3) is 5.91 Å². The maximum Gasteiger partial charge on any atom is 0.417 e. The highest BCUT2D eigenvalue weighted by Gasteiger charge is 2.55. The molecule has 2 aliphatic carbocycles. The van der Waals surface area contributed by atoms with Crippen molar-refractivity contribution in [2.45, 2.75) is 63.2 Å². The third kappa shape index (κ3) is 3.26. The second kappa shape index (κ2) is 6.62. The van der Waals surface area contributed by atoms with Crippen molar-refractivity contribution in [1.29, 1.82) is 0 Å². The second-order valence-electron chi connectivity index (χ2n) is 8.40. The second-order valence-corrected chi connectivity index (χ2v) is 8.40.